The number of hydrogen-bond donors (Lipinski definition) is 2. The average molecular weight is 417 g/mol. The van der Waals surface area contributed by atoms with Crippen molar-refractivity contribution in [2.45, 2.75) is 44.0 Å². The second-order valence-electron chi connectivity index (χ2n) is 6.61. The first-order valence-electron chi connectivity index (χ1n) is 8.06. The van der Waals surface area contributed by atoms with Crippen molar-refractivity contribution < 1.29 is 17.9 Å². The summed E-state index contributed by atoms with van der Waals surface area (Å²) in [5, 5.41) is 2.66. The number of amides is 1. The fourth-order valence-corrected chi connectivity index (χ4v) is 5.72. The van der Waals surface area contributed by atoms with Crippen molar-refractivity contribution in [2.24, 2.45) is 11.8 Å². The van der Waals surface area contributed by atoms with Gasteiger partial charge in [-0.05, 0) is 40.3 Å². The second-order valence-corrected chi connectivity index (χ2v) is 9.15. The zero-order valence-electron chi connectivity index (χ0n) is 13.6. The molecule has 6 nitrogen and oxygen atoms in total. The third-order valence-electron chi connectivity index (χ3n) is 4.97. The third kappa shape index (κ3) is 3.45. The molecule has 1 aliphatic heterocycles. The van der Waals surface area contributed by atoms with Crippen LogP contribution >= 0.6 is 15.9 Å². The molecule has 1 saturated carbocycles. The van der Waals surface area contributed by atoms with Crippen LogP contribution in [0.2, 0.25) is 0 Å². The molecular weight excluding hydrogens is 396 g/mol. The minimum Gasteiger partial charge on any atom is -0.482 e. The number of rotatable bonds is 3. The smallest absolute Gasteiger partial charge is 0.262 e. The predicted molar refractivity (Wildman–Crippen MR) is 94.6 cm³/mol. The molecule has 0 bridgehead atoms. The van der Waals surface area contributed by atoms with Crippen LogP contribution in [0, 0.1) is 11.8 Å². The van der Waals surface area contributed by atoms with Crippen molar-refractivity contribution in [3.63, 3.8) is 0 Å². The Bertz CT molecular complexity index is 766. The number of anilines is 1. The highest BCUT2D eigenvalue weighted by atomic mass is 79.9. The van der Waals surface area contributed by atoms with E-state index in [4.69, 9.17) is 4.74 Å². The van der Waals surface area contributed by atoms with E-state index in [0.29, 0.717) is 27.7 Å². The van der Waals surface area contributed by atoms with Crippen LogP contribution in [0.3, 0.4) is 0 Å². The molecule has 1 aliphatic carbocycles. The highest BCUT2D eigenvalue weighted by molar-refractivity contribution is 9.10. The van der Waals surface area contributed by atoms with Gasteiger partial charge in [-0.1, -0.05) is 26.7 Å². The zero-order valence-corrected chi connectivity index (χ0v) is 16.0. The number of benzene rings is 1. The summed E-state index contributed by atoms with van der Waals surface area (Å²) in [4.78, 5) is 11.5. The maximum Gasteiger partial charge on any atom is 0.262 e. The summed E-state index contributed by atoms with van der Waals surface area (Å²) in [6.45, 7) is 4.15. The van der Waals surface area contributed by atoms with Crippen molar-refractivity contribution in [1.29, 1.82) is 0 Å². The Labute approximate surface area is 150 Å². The molecule has 0 aromatic heterocycles. The normalized spacial score (nSPS) is 27.1. The lowest BCUT2D eigenvalue weighted by Gasteiger charge is -2.34. The first-order valence-corrected chi connectivity index (χ1v) is 10.3. The van der Waals surface area contributed by atoms with E-state index in [0.717, 1.165) is 19.3 Å². The number of carbonyl (C=O) groups is 1. The molecule has 3 rings (SSSR count). The van der Waals surface area contributed by atoms with Crippen LogP contribution in [-0.2, 0) is 14.8 Å². The molecule has 0 unspecified atom stereocenters. The van der Waals surface area contributed by atoms with Crippen LogP contribution in [0.4, 0.5) is 5.69 Å². The molecule has 2 aliphatic rings. The molecule has 1 aromatic rings. The van der Waals surface area contributed by atoms with E-state index >= 15 is 0 Å². The molecule has 3 atom stereocenters. The van der Waals surface area contributed by atoms with E-state index in [2.05, 4.69) is 39.8 Å². The lowest BCUT2D eigenvalue weighted by atomic mass is 9.78. The van der Waals surface area contributed by atoms with Gasteiger partial charge < -0.3 is 10.1 Å². The molecule has 1 fully saturated rings. The van der Waals surface area contributed by atoms with Crippen LogP contribution in [0.15, 0.2) is 21.5 Å². The van der Waals surface area contributed by atoms with Gasteiger partial charge in [0.15, 0.2) is 6.61 Å². The Kier molecular flexibility index (Phi) is 4.90. The molecule has 24 heavy (non-hydrogen) atoms. The third-order valence-corrected chi connectivity index (χ3v) is 7.42. The molecular formula is C16H21BrN2O4S. The number of ether oxygens (including phenoxy) is 1. The molecule has 8 heteroatoms. The number of nitrogens with one attached hydrogen (secondary N) is 2. The van der Waals surface area contributed by atoms with Crippen LogP contribution < -0.4 is 14.8 Å². The Morgan fingerprint density at radius 2 is 2.04 bits per heavy atom. The molecule has 2 N–H and O–H groups in total. The highest BCUT2D eigenvalue weighted by Gasteiger charge is 2.32. The summed E-state index contributed by atoms with van der Waals surface area (Å²) in [6, 6.07) is 2.95. The predicted octanol–water partition coefficient (Wildman–Crippen LogP) is 2.88. The topological polar surface area (TPSA) is 84.5 Å². The molecule has 1 aromatic carbocycles. The van der Waals surface area contributed by atoms with Gasteiger partial charge in [0.25, 0.3) is 5.91 Å². The van der Waals surface area contributed by atoms with Crippen molar-refractivity contribution >= 4 is 37.5 Å². The molecule has 1 heterocycles. The summed E-state index contributed by atoms with van der Waals surface area (Å²) in [6.07, 6.45) is 3.01. The quantitative estimate of drug-likeness (QED) is 0.792. The van der Waals surface area contributed by atoms with Crippen LogP contribution in [0.5, 0.6) is 5.75 Å². The first kappa shape index (κ1) is 17.7. The Balaban J connectivity index is 1.88. The van der Waals surface area contributed by atoms with Gasteiger partial charge in [0.2, 0.25) is 10.0 Å². The summed E-state index contributed by atoms with van der Waals surface area (Å²) in [5.41, 5.74) is 0.469. The summed E-state index contributed by atoms with van der Waals surface area (Å²) >= 11 is 3.30. The molecule has 0 spiro atoms. The van der Waals surface area contributed by atoms with E-state index in [1.54, 1.807) is 6.07 Å². The van der Waals surface area contributed by atoms with E-state index in [9.17, 15) is 13.2 Å². The number of carbonyl (C=O) groups excluding carboxylic acids is 1. The summed E-state index contributed by atoms with van der Waals surface area (Å²) in [5.74, 6) is 0.897. The van der Waals surface area contributed by atoms with Gasteiger partial charge in [-0.15, -0.1) is 0 Å². The van der Waals surface area contributed by atoms with E-state index in [1.807, 2.05) is 0 Å². The van der Waals surface area contributed by atoms with Crippen molar-refractivity contribution in [3.05, 3.63) is 16.6 Å². The second kappa shape index (κ2) is 6.65. The van der Waals surface area contributed by atoms with Gasteiger partial charge in [-0.2, -0.15) is 0 Å². The SMILES string of the molecule is C[C@H]1[C@H](C)CCC[C@@H]1NS(=O)(=O)c1cc2c(cc1Br)NC(=O)CO2. The van der Waals surface area contributed by atoms with Crippen molar-refractivity contribution in [3.8, 4) is 5.75 Å². The number of fused-ring (bicyclic) bond motifs is 1. The van der Waals surface area contributed by atoms with Crippen LogP contribution in [0.1, 0.15) is 33.1 Å². The zero-order chi connectivity index (χ0) is 17.5. The fraction of sp³-hybridized carbons (Fsp3) is 0.562. The summed E-state index contributed by atoms with van der Waals surface area (Å²) in [7, 11) is -3.68. The van der Waals surface area contributed by atoms with Crippen LogP contribution in [0.25, 0.3) is 0 Å². The van der Waals surface area contributed by atoms with Gasteiger partial charge in [0.1, 0.15) is 10.6 Å². The number of sulfonamides is 1. The Hall–Kier alpha value is -1.12. The van der Waals surface area contributed by atoms with E-state index in [1.165, 1.54) is 6.07 Å². The highest BCUT2D eigenvalue weighted by Crippen LogP contribution is 2.37. The van der Waals surface area contributed by atoms with Gasteiger partial charge in [0.05, 0.1) is 5.69 Å². The minimum absolute atomic E-state index is 0.0673. The lowest BCUT2D eigenvalue weighted by Crippen LogP contribution is -2.43. The molecule has 1 amide bonds. The minimum atomic E-state index is -3.68. The van der Waals surface area contributed by atoms with E-state index in [-0.39, 0.29) is 23.5 Å². The first-order chi connectivity index (χ1) is 11.3. The van der Waals surface area contributed by atoms with Crippen molar-refractivity contribution in [2.75, 3.05) is 11.9 Å². The van der Waals surface area contributed by atoms with Crippen molar-refractivity contribution in [1.82, 2.24) is 4.72 Å². The average Bonchev–Trinajstić information content (AvgIpc) is 2.50. The molecule has 0 saturated heterocycles. The monoisotopic (exact) mass is 416 g/mol. The lowest BCUT2D eigenvalue weighted by molar-refractivity contribution is -0.118. The maximum absolute atomic E-state index is 12.8. The molecule has 132 valence electrons. The summed E-state index contributed by atoms with van der Waals surface area (Å²) < 4.78 is 34.3. The largest absolute Gasteiger partial charge is 0.482 e. The van der Waals surface area contributed by atoms with Gasteiger partial charge in [-0.25, -0.2) is 13.1 Å². The molecule has 0 radical (unpaired) electrons. The van der Waals surface area contributed by atoms with Gasteiger partial charge in [-0.3, -0.25) is 4.79 Å². The van der Waals surface area contributed by atoms with E-state index < -0.39 is 10.0 Å². The number of hydrogen-bond acceptors (Lipinski definition) is 4. The standard InChI is InChI=1S/C16H21BrN2O4S/c1-9-4-3-5-12(10(9)2)19-24(21,22)15-7-14-13(6-11(15)17)18-16(20)8-23-14/h6-7,9-10,12,19H,3-5,8H2,1-2H3,(H,18,20)/t9-,10+,12+/m1/s1. The van der Waals surface area contributed by atoms with Gasteiger partial charge >= 0.3 is 0 Å². The fourth-order valence-electron chi connectivity index (χ4n) is 3.30. The number of halogens is 1. The van der Waals surface area contributed by atoms with Crippen LogP contribution in [-0.4, -0.2) is 27.0 Å². The van der Waals surface area contributed by atoms with Gasteiger partial charge in [0, 0.05) is 16.6 Å². The maximum atomic E-state index is 12.8. The Morgan fingerprint density at radius 1 is 1.29 bits per heavy atom. The Morgan fingerprint density at radius 3 is 2.79 bits per heavy atom.